The number of rotatable bonds is 6. The number of aromatic nitrogens is 1. The third-order valence-electron chi connectivity index (χ3n) is 4.34. The summed E-state index contributed by atoms with van der Waals surface area (Å²) in [5, 5.41) is 3.47. The van der Waals surface area contributed by atoms with Gasteiger partial charge in [-0.2, -0.15) is 0 Å². The van der Waals surface area contributed by atoms with E-state index in [0.29, 0.717) is 17.1 Å². The van der Waals surface area contributed by atoms with Crippen LogP contribution in [-0.2, 0) is 9.59 Å². The third-order valence-corrected chi connectivity index (χ3v) is 5.39. The van der Waals surface area contributed by atoms with Gasteiger partial charge in [0.25, 0.3) is 11.8 Å². The Kier molecular flexibility index (Phi) is 6.18. The zero-order valence-corrected chi connectivity index (χ0v) is 17.0. The molecule has 0 saturated carbocycles. The highest BCUT2D eigenvalue weighted by atomic mass is 32.2. The quantitative estimate of drug-likeness (QED) is 0.395. The van der Waals surface area contributed by atoms with Crippen molar-refractivity contribution in [2.24, 2.45) is 0 Å². The van der Waals surface area contributed by atoms with E-state index in [2.05, 4.69) is 21.2 Å². The Morgan fingerprint density at radius 1 is 0.968 bits per heavy atom. The summed E-state index contributed by atoms with van der Waals surface area (Å²) >= 11 is 1.32. The van der Waals surface area contributed by atoms with Crippen LogP contribution in [0, 0.1) is 0 Å². The average molecular weight is 438 g/mol. The molecule has 0 bridgehead atoms. The Morgan fingerprint density at radius 2 is 1.77 bits per heavy atom. The number of ether oxygens (including phenoxy) is 2. The number of hydrogen-bond donors (Lipinski definition) is 3. The largest absolute Gasteiger partial charge is 0.454 e. The molecule has 1 aromatic heterocycles. The Labute approximate surface area is 181 Å². The van der Waals surface area contributed by atoms with E-state index in [0.717, 1.165) is 15.8 Å². The van der Waals surface area contributed by atoms with Crippen LogP contribution in [-0.4, -0.2) is 41.8 Å². The van der Waals surface area contributed by atoms with E-state index in [4.69, 9.17) is 9.47 Å². The second-order valence-electron chi connectivity index (χ2n) is 6.47. The first-order chi connectivity index (χ1) is 15.1. The smallest absolute Gasteiger partial charge is 0.257 e. The predicted octanol–water partition coefficient (Wildman–Crippen LogP) is 1.63. The van der Waals surface area contributed by atoms with Gasteiger partial charge in [0.2, 0.25) is 12.7 Å². The Hall–Kier alpha value is -3.79. The molecule has 3 N–H and O–H groups in total. The Morgan fingerprint density at radius 3 is 2.68 bits per heavy atom. The summed E-state index contributed by atoms with van der Waals surface area (Å²) < 4.78 is 10.4. The molecule has 3 aromatic rings. The van der Waals surface area contributed by atoms with E-state index in [1.54, 1.807) is 18.3 Å². The van der Waals surface area contributed by atoms with E-state index < -0.39 is 11.8 Å². The zero-order chi connectivity index (χ0) is 21.6. The molecule has 0 unspecified atom stereocenters. The number of carbonyl (C=O) groups excluding carboxylic acids is 3. The van der Waals surface area contributed by atoms with E-state index in [1.165, 1.54) is 17.8 Å². The normalized spacial score (nSPS) is 11.7. The van der Waals surface area contributed by atoms with E-state index in [1.807, 2.05) is 30.3 Å². The van der Waals surface area contributed by atoms with Crippen molar-refractivity contribution in [3.05, 3.63) is 60.3 Å². The van der Waals surface area contributed by atoms with Gasteiger partial charge in [0, 0.05) is 22.0 Å². The monoisotopic (exact) mass is 438 g/mol. The number of nitrogens with zero attached hydrogens (tertiary/aromatic N) is 1. The van der Waals surface area contributed by atoms with Crippen LogP contribution >= 0.6 is 11.8 Å². The third kappa shape index (κ3) is 5.04. The van der Waals surface area contributed by atoms with Crippen molar-refractivity contribution in [3.8, 4) is 11.5 Å². The number of hydrazine groups is 1. The number of pyridine rings is 1. The maximum absolute atomic E-state index is 12.2. The highest BCUT2D eigenvalue weighted by Crippen LogP contribution is 2.32. The molecule has 158 valence electrons. The topological polar surface area (TPSA) is 119 Å². The van der Waals surface area contributed by atoms with Gasteiger partial charge in [-0.3, -0.25) is 30.2 Å². The van der Waals surface area contributed by atoms with E-state index in [9.17, 15) is 14.4 Å². The van der Waals surface area contributed by atoms with E-state index >= 15 is 0 Å². The first kappa shape index (κ1) is 20.5. The molecular formula is C21H18N4O5S. The molecule has 1 aliphatic rings. The number of hydrogen-bond acceptors (Lipinski definition) is 7. The molecule has 0 saturated heterocycles. The van der Waals surface area contributed by atoms with Gasteiger partial charge in [0.15, 0.2) is 11.5 Å². The summed E-state index contributed by atoms with van der Waals surface area (Å²) in [6.45, 7) is -0.189. The van der Waals surface area contributed by atoms with Gasteiger partial charge in [0.05, 0.1) is 17.8 Å². The van der Waals surface area contributed by atoms with Crippen LogP contribution in [0.2, 0.25) is 0 Å². The molecule has 0 atom stereocenters. The number of nitrogens with one attached hydrogen (secondary N) is 3. The second-order valence-corrected chi connectivity index (χ2v) is 7.48. The summed E-state index contributed by atoms with van der Waals surface area (Å²) in [6, 6.07) is 14.3. The molecule has 0 spiro atoms. The fraction of sp³-hybridized carbons (Fsp3) is 0.143. The van der Waals surface area contributed by atoms with Crippen LogP contribution in [0.25, 0.3) is 10.9 Å². The molecule has 0 radical (unpaired) electrons. The standard InChI is InChI=1S/C21H18N4O5S/c26-18(10-23-21(28)14-6-7-15-16(9-14)30-12-29-15)24-25-19(27)11-31-17-5-1-3-13-4-2-8-22-20(13)17/h1-9H,10-12H2,(H,23,28)(H,24,26)(H,25,27). The van der Waals surface area contributed by atoms with Crippen molar-refractivity contribution in [1.29, 1.82) is 0 Å². The van der Waals surface area contributed by atoms with Crippen LogP contribution in [0.3, 0.4) is 0 Å². The van der Waals surface area contributed by atoms with E-state index in [-0.39, 0.29) is 25.0 Å². The number of para-hydroxylation sites is 1. The van der Waals surface area contributed by atoms with Gasteiger partial charge >= 0.3 is 0 Å². The molecule has 9 nitrogen and oxygen atoms in total. The van der Waals surface area contributed by atoms with Crippen molar-refractivity contribution in [2.45, 2.75) is 4.90 Å². The lowest BCUT2D eigenvalue weighted by atomic mass is 10.2. The van der Waals surface area contributed by atoms with Gasteiger partial charge in [-0.15, -0.1) is 11.8 Å². The molecule has 31 heavy (non-hydrogen) atoms. The number of amides is 3. The summed E-state index contributed by atoms with van der Waals surface area (Å²) in [5.41, 5.74) is 5.76. The Balaban J connectivity index is 1.20. The highest BCUT2D eigenvalue weighted by Gasteiger charge is 2.16. The van der Waals surface area contributed by atoms with Gasteiger partial charge in [-0.1, -0.05) is 18.2 Å². The minimum atomic E-state index is -0.556. The molecule has 3 amide bonds. The average Bonchev–Trinajstić information content (AvgIpc) is 3.27. The number of benzene rings is 2. The first-order valence-corrected chi connectivity index (χ1v) is 10.3. The summed E-state index contributed by atoms with van der Waals surface area (Å²) in [5.74, 6) is -0.247. The molecule has 0 aliphatic carbocycles. The zero-order valence-electron chi connectivity index (χ0n) is 16.2. The molecule has 1 aliphatic heterocycles. The number of fused-ring (bicyclic) bond motifs is 2. The van der Waals surface area contributed by atoms with Crippen molar-refractivity contribution in [1.82, 2.24) is 21.2 Å². The lowest BCUT2D eigenvalue weighted by Gasteiger charge is -2.09. The first-order valence-electron chi connectivity index (χ1n) is 9.32. The molecule has 2 aromatic carbocycles. The molecule has 2 heterocycles. The summed E-state index contributed by atoms with van der Waals surface area (Å²) in [7, 11) is 0. The Bertz CT molecular complexity index is 1150. The SMILES string of the molecule is O=C(CNC(=O)c1ccc2c(c1)OCO2)NNC(=O)CSc1cccc2cccnc12. The summed E-state index contributed by atoms with van der Waals surface area (Å²) in [6.07, 6.45) is 1.70. The van der Waals surface area contributed by atoms with Gasteiger partial charge < -0.3 is 14.8 Å². The molecule has 0 fully saturated rings. The number of thioether (sulfide) groups is 1. The molecule has 4 rings (SSSR count). The van der Waals surface area contributed by atoms with Gasteiger partial charge in [0.1, 0.15) is 0 Å². The van der Waals surface area contributed by atoms with Gasteiger partial charge in [-0.25, -0.2) is 0 Å². The fourth-order valence-corrected chi connectivity index (χ4v) is 3.70. The van der Waals surface area contributed by atoms with Crippen molar-refractivity contribution in [3.63, 3.8) is 0 Å². The minimum Gasteiger partial charge on any atom is -0.454 e. The predicted molar refractivity (Wildman–Crippen MR) is 114 cm³/mol. The van der Waals surface area contributed by atoms with Gasteiger partial charge in [-0.05, 0) is 30.3 Å². The van der Waals surface area contributed by atoms with Crippen molar-refractivity contribution < 1.29 is 23.9 Å². The van der Waals surface area contributed by atoms with Crippen LogP contribution < -0.4 is 25.6 Å². The lowest BCUT2D eigenvalue weighted by molar-refractivity contribution is -0.127. The molecule has 10 heteroatoms. The second kappa shape index (κ2) is 9.35. The van der Waals surface area contributed by atoms with Crippen molar-refractivity contribution >= 4 is 40.4 Å². The highest BCUT2D eigenvalue weighted by molar-refractivity contribution is 8.00. The van der Waals surface area contributed by atoms with Crippen LogP contribution in [0.15, 0.2) is 59.6 Å². The van der Waals surface area contributed by atoms with Crippen LogP contribution in [0.5, 0.6) is 11.5 Å². The van der Waals surface area contributed by atoms with Crippen LogP contribution in [0.4, 0.5) is 0 Å². The van der Waals surface area contributed by atoms with Crippen molar-refractivity contribution in [2.75, 3.05) is 19.1 Å². The fourth-order valence-electron chi connectivity index (χ4n) is 2.86. The molecular weight excluding hydrogens is 420 g/mol. The van der Waals surface area contributed by atoms with Crippen LogP contribution in [0.1, 0.15) is 10.4 Å². The maximum Gasteiger partial charge on any atom is 0.257 e. The minimum absolute atomic E-state index is 0.0967. The number of carbonyl (C=O) groups is 3. The maximum atomic E-state index is 12.2. The lowest BCUT2D eigenvalue weighted by Crippen LogP contribution is -2.46. The summed E-state index contributed by atoms with van der Waals surface area (Å²) in [4.78, 5) is 41.3.